The second kappa shape index (κ2) is 6.09. The SMILES string of the molecule is N#CC1(c2ccc(OCc3ccccc3)c([N+](=O)[O-])c2)CCC1. The van der Waals surface area contributed by atoms with Gasteiger partial charge in [-0.3, -0.25) is 10.1 Å². The van der Waals surface area contributed by atoms with Crippen LogP contribution in [0.2, 0.25) is 0 Å². The highest BCUT2D eigenvalue weighted by Crippen LogP contribution is 2.45. The van der Waals surface area contributed by atoms with Gasteiger partial charge in [0.15, 0.2) is 5.75 Å². The molecule has 0 aliphatic heterocycles. The Kier molecular flexibility index (Phi) is 3.98. The number of benzene rings is 2. The molecule has 5 heteroatoms. The predicted octanol–water partition coefficient (Wildman–Crippen LogP) is 4.12. The van der Waals surface area contributed by atoms with Gasteiger partial charge in [0.05, 0.1) is 16.4 Å². The van der Waals surface area contributed by atoms with E-state index in [1.54, 1.807) is 12.1 Å². The molecule has 1 fully saturated rings. The number of ether oxygens (including phenoxy) is 1. The van der Waals surface area contributed by atoms with E-state index in [4.69, 9.17) is 4.74 Å². The molecule has 1 aliphatic carbocycles. The summed E-state index contributed by atoms with van der Waals surface area (Å²) in [6, 6.07) is 16.7. The number of nitro groups is 1. The molecule has 0 spiro atoms. The summed E-state index contributed by atoms with van der Waals surface area (Å²) in [7, 11) is 0. The van der Waals surface area contributed by atoms with Crippen molar-refractivity contribution in [3.05, 3.63) is 69.8 Å². The lowest BCUT2D eigenvalue weighted by atomic mass is 9.65. The van der Waals surface area contributed by atoms with E-state index in [0.29, 0.717) is 5.56 Å². The molecule has 1 saturated carbocycles. The topological polar surface area (TPSA) is 76.2 Å². The molecule has 0 atom stereocenters. The molecular formula is C18H16N2O3. The minimum absolute atomic E-state index is 0.0834. The molecule has 0 amide bonds. The number of nitro benzene ring substituents is 1. The number of rotatable bonds is 5. The largest absolute Gasteiger partial charge is 0.482 e. The van der Waals surface area contributed by atoms with Crippen molar-refractivity contribution in [2.24, 2.45) is 0 Å². The van der Waals surface area contributed by atoms with Crippen LogP contribution in [0.5, 0.6) is 5.75 Å². The van der Waals surface area contributed by atoms with Gasteiger partial charge in [-0.15, -0.1) is 0 Å². The molecule has 0 saturated heterocycles. The van der Waals surface area contributed by atoms with Gasteiger partial charge in [0.2, 0.25) is 0 Å². The Hall–Kier alpha value is -2.87. The molecule has 0 unspecified atom stereocenters. The molecular weight excluding hydrogens is 292 g/mol. The van der Waals surface area contributed by atoms with Crippen LogP contribution in [-0.4, -0.2) is 4.92 Å². The summed E-state index contributed by atoms with van der Waals surface area (Å²) < 4.78 is 5.61. The van der Waals surface area contributed by atoms with Crippen molar-refractivity contribution in [1.29, 1.82) is 5.26 Å². The number of hydrogen-bond acceptors (Lipinski definition) is 4. The third kappa shape index (κ3) is 2.88. The first-order valence-corrected chi connectivity index (χ1v) is 7.51. The Morgan fingerprint density at radius 3 is 2.52 bits per heavy atom. The summed E-state index contributed by atoms with van der Waals surface area (Å²) in [4.78, 5) is 10.9. The molecule has 0 radical (unpaired) electrons. The zero-order valence-corrected chi connectivity index (χ0v) is 12.6. The molecule has 2 aromatic rings. The Labute approximate surface area is 134 Å². The minimum Gasteiger partial charge on any atom is -0.482 e. The van der Waals surface area contributed by atoms with E-state index in [2.05, 4.69) is 6.07 Å². The van der Waals surface area contributed by atoms with Crippen LogP contribution in [0.4, 0.5) is 5.69 Å². The quantitative estimate of drug-likeness (QED) is 0.615. The van der Waals surface area contributed by atoms with Gasteiger partial charge in [0.1, 0.15) is 6.61 Å². The molecule has 0 heterocycles. The van der Waals surface area contributed by atoms with Crippen molar-refractivity contribution in [3.8, 4) is 11.8 Å². The summed E-state index contributed by atoms with van der Waals surface area (Å²) in [5.74, 6) is 0.231. The maximum Gasteiger partial charge on any atom is 0.311 e. The average Bonchev–Trinajstić information content (AvgIpc) is 2.54. The zero-order chi connectivity index (χ0) is 16.3. The van der Waals surface area contributed by atoms with Gasteiger partial charge in [0, 0.05) is 6.07 Å². The second-order valence-corrected chi connectivity index (χ2v) is 5.76. The summed E-state index contributed by atoms with van der Waals surface area (Å²) in [5.41, 5.74) is 1.01. The summed E-state index contributed by atoms with van der Waals surface area (Å²) >= 11 is 0. The van der Waals surface area contributed by atoms with Gasteiger partial charge in [0.25, 0.3) is 0 Å². The highest BCUT2D eigenvalue weighted by molar-refractivity contribution is 5.52. The van der Waals surface area contributed by atoms with E-state index >= 15 is 0 Å². The molecule has 5 nitrogen and oxygen atoms in total. The summed E-state index contributed by atoms with van der Waals surface area (Å²) in [6.07, 6.45) is 2.49. The summed E-state index contributed by atoms with van der Waals surface area (Å²) in [6.45, 7) is 0.268. The third-order valence-electron chi connectivity index (χ3n) is 4.37. The monoisotopic (exact) mass is 308 g/mol. The van der Waals surface area contributed by atoms with Crippen LogP contribution < -0.4 is 4.74 Å². The van der Waals surface area contributed by atoms with E-state index in [1.165, 1.54) is 6.07 Å². The molecule has 0 aromatic heterocycles. The van der Waals surface area contributed by atoms with Crippen LogP contribution in [0.1, 0.15) is 30.4 Å². The first kappa shape index (κ1) is 15.0. The fourth-order valence-electron chi connectivity index (χ4n) is 2.81. The van der Waals surface area contributed by atoms with Crippen molar-refractivity contribution < 1.29 is 9.66 Å². The molecule has 2 aromatic carbocycles. The highest BCUT2D eigenvalue weighted by Gasteiger charge is 2.40. The number of hydrogen-bond donors (Lipinski definition) is 0. The summed E-state index contributed by atoms with van der Waals surface area (Å²) in [5, 5.41) is 20.7. The third-order valence-corrected chi connectivity index (χ3v) is 4.37. The zero-order valence-electron chi connectivity index (χ0n) is 12.6. The Balaban J connectivity index is 1.86. The van der Waals surface area contributed by atoms with Gasteiger partial charge < -0.3 is 4.74 Å². The molecule has 3 rings (SSSR count). The van der Waals surface area contributed by atoms with Crippen LogP contribution in [-0.2, 0) is 12.0 Å². The van der Waals surface area contributed by atoms with Crippen LogP contribution in [0.25, 0.3) is 0 Å². The molecule has 0 bridgehead atoms. The van der Waals surface area contributed by atoms with Crippen molar-refractivity contribution >= 4 is 5.69 Å². The van der Waals surface area contributed by atoms with Gasteiger partial charge in [-0.25, -0.2) is 0 Å². The van der Waals surface area contributed by atoms with Gasteiger partial charge in [-0.05, 0) is 36.5 Å². The average molecular weight is 308 g/mol. The van der Waals surface area contributed by atoms with E-state index < -0.39 is 10.3 Å². The highest BCUT2D eigenvalue weighted by atomic mass is 16.6. The van der Waals surface area contributed by atoms with Crippen LogP contribution in [0.15, 0.2) is 48.5 Å². The number of nitriles is 1. The van der Waals surface area contributed by atoms with Crippen LogP contribution >= 0.6 is 0 Å². The van der Waals surface area contributed by atoms with Crippen LogP contribution in [0, 0.1) is 21.4 Å². The van der Waals surface area contributed by atoms with Gasteiger partial charge in [-0.1, -0.05) is 36.4 Å². The standard InChI is InChI=1S/C18H16N2O3/c19-13-18(9-4-10-18)15-7-8-17(16(11-15)20(21)22)23-12-14-5-2-1-3-6-14/h1-3,5-8,11H,4,9-10,12H2. The van der Waals surface area contributed by atoms with E-state index in [0.717, 1.165) is 24.8 Å². The number of nitrogens with zero attached hydrogens (tertiary/aromatic N) is 2. The lowest BCUT2D eigenvalue weighted by Gasteiger charge is -2.35. The Morgan fingerprint density at radius 2 is 1.96 bits per heavy atom. The Bertz CT molecular complexity index is 762. The fraction of sp³-hybridized carbons (Fsp3) is 0.278. The van der Waals surface area contributed by atoms with Crippen molar-refractivity contribution in [2.75, 3.05) is 0 Å². The van der Waals surface area contributed by atoms with Gasteiger partial charge in [-0.2, -0.15) is 5.26 Å². The minimum atomic E-state index is -0.567. The maximum absolute atomic E-state index is 11.3. The lowest BCUT2D eigenvalue weighted by Crippen LogP contribution is -2.32. The lowest BCUT2D eigenvalue weighted by molar-refractivity contribution is -0.386. The smallest absolute Gasteiger partial charge is 0.311 e. The fourth-order valence-corrected chi connectivity index (χ4v) is 2.81. The molecule has 1 aliphatic rings. The van der Waals surface area contributed by atoms with Gasteiger partial charge >= 0.3 is 5.69 Å². The van der Waals surface area contributed by atoms with Crippen molar-refractivity contribution in [2.45, 2.75) is 31.3 Å². The predicted molar refractivity (Wildman–Crippen MR) is 85.0 cm³/mol. The van der Waals surface area contributed by atoms with Crippen LogP contribution in [0.3, 0.4) is 0 Å². The van der Waals surface area contributed by atoms with Crippen molar-refractivity contribution in [3.63, 3.8) is 0 Å². The van der Waals surface area contributed by atoms with E-state index in [1.807, 2.05) is 30.3 Å². The van der Waals surface area contributed by atoms with E-state index in [-0.39, 0.29) is 18.0 Å². The normalized spacial score (nSPS) is 15.3. The first-order chi connectivity index (χ1) is 11.1. The molecule has 0 N–H and O–H groups in total. The maximum atomic E-state index is 11.3. The molecule has 23 heavy (non-hydrogen) atoms. The van der Waals surface area contributed by atoms with E-state index in [9.17, 15) is 15.4 Å². The molecule has 116 valence electrons. The Morgan fingerprint density at radius 1 is 1.22 bits per heavy atom. The first-order valence-electron chi connectivity index (χ1n) is 7.51. The van der Waals surface area contributed by atoms with Crippen molar-refractivity contribution in [1.82, 2.24) is 0 Å². The second-order valence-electron chi connectivity index (χ2n) is 5.76.